The van der Waals surface area contributed by atoms with Gasteiger partial charge in [-0.05, 0) is 62.2 Å². The Hall–Kier alpha value is -2.85. The maximum atomic E-state index is 13.0. The standard InChI is InChI=1S/C22H19Cl2N5O/c1-14-20(22(30)27-28-10-2-3-11-28)26-21(18-9-6-16(23)12-19(18)24)29(14)17-7-4-15(13-25)5-8-17/h4-9,12H,2-3,10-11H2,1H3,(H,27,30). The first-order chi connectivity index (χ1) is 14.5. The van der Waals surface area contributed by atoms with E-state index in [2.05, 4.69) is 16.5 Å². The number of hydrogen-bond acceptors (Lipinski definition) is 4. The van der Waals surface area contributed by atoms with Crippen LogP contribution in [-0.2, 0) is 0 Å². The van der Waals surface area contributed by atoms with E-state index in [4.69, 9.17) is 28.5 Å². The van der Waals surface area contributed by atoms with Gasteiger partial charge in [0, 0.05) is 29.4 Å². The van der Waals surface area contributed by atoms with E-state index in [0.29, 0.717) is 38.4 Å². The van der Waals surface area contributed by atoms with Crippen molar-refractivity contribution in [3.63, 3.8) is 0 Å². The average molecular weight is 440 g/mol. The summed E-state index contributed by atoms with van der Waals surface area (Å²) in [5.74, 6) is 0.276. The molecule has 6 nitrogen and oxygen atoms in total. The molecule has 152 valence electrons. The van der Waals surface area contributed by atoms with E-state index < -0.39 is 0 Å². The molecule has 30 heavy (non-hydrogen) atoms. The summed E-state index contributed by atoms with van der Waals surface area (Å²) < 4.78 is 1.87. The maximum Gasteiger partial charge on any atom is 0.286 e. The van der Waals surface area contributed by atoms with Gasteiger partial charge in [0.1, 0.15) is 5.82 Å². The second kappa shape index (κ2) is 8.49. The van der Waals surface area contributed by atoms with Crippen molar-refractivity contribution in [3.05, 3.63) is 69.5 Å². The molecule has 2 aromatic carbocycles. The number of halogens is 2. The number of hydrogen-bond donors (Lipinski definition) is 1. The van der Waals surface area contributed by atoms with Crippen molar-refractivity contribution >= 4 is 29.1 Å². The van der Waals surface area contributed by atoms with Crippen LogP contribution in [0.3, 0.4) is 0 Å². The van der Waals surface area contributed by atoms with Crippen LogP contribution in [0.2, 0.25) is 10.0 Å². The minimum absolute atomic E-state index is 0.256. The van der Waals surface area contributed by atoms with Crippen LogP contribution in [0.5, 0.6) is 0 Å². The van der Waals surface area contributed by atoms with Gasteiger partial charge in [-0.3, -0.25) is 14.8 Å². The normalized spacial score (nSPS) is 13.9. The summed E-state index contributed by atoms with van der Waals surface area (Å²) >= 11 is 12.5. The number of rotatable bonds is 4. The molecule has 1 amide bonds. The van der Waals surface area contributed by atoms with Crippen molar-refractivity contribution in [2.45, 2.75) is 19.8 Å². The lowest BCUT2D eigenvalue weighted by molar-refractivity contribution is 0.0820. The second-order valence-corrected chi connectivity index (χ2v) is 7.97. The first-order valence-corrected chi connectivity index (χ1v) is 10.3. The molecule has 1 aliphatic rings. The van der Waals surface area contributed by atoms with Crippen molar-refractivity contribution < 1.29 is 4.79 Å². The molecule has 0 saturated carbocycles. The summed E-state index contributed by atoms with van der Waals surface area (Å²) in [7, 11) is 0. The van der Waals surface area contributed by atoms with Gasteiger partial charge in [-0.2, -0.15) is 5.26 Å². The summed E-state index contributed by atoms with van der Waals surface area (Å²) in [6, 6.07) is 14.4. The number of hydrazine groups is 1. The third kappa shape index (κ3) is 3.92. The molecule has 0 bridgehead atoms. The summed E-state index contributed by atoms with van der Waals surface area (Å²) in [6.07, 6.45) is 2.12. The highest BCUT2D eigenvalue weighted by Gasteiger charge is 2.25. The molecule has 2 heterocycles. The van der Waals surface area contributed by atoms with Crippen LogP contribution in [0.25, 0.3) is 17.1 Å². The minimum Gasteiger partial charge on any atom is -0.296 e. The fourth-order valence-corrected chi connectivity index (χ4v) is 4.09. The van der Waals surface area contributed by atoms with Gasteiger partial charge < -0.3 is 0 Å². The van der Waals surface area contributed by atoms with E-state index in [-0.39, 0.29) is 5.91 Å². The van der Waals surface area contributed by atoms with Crippen molar-refractivity contribution in [3.8, 4) is 23.1 Å². The molecule has 1 aliphatic heterocycles. The predicted molar refractivity (Wildman–Crippen MR) is 117 cm³/mol. The Morgan fingerprint density at radius 3 is 2.47 bits per heavy atom. The monoisotopic (exact) mass is 439 g/mol. The quantitative estimate of drug-likeness (QED) is 0.635. The van der Waals surface area contributed by atoms with Gasteiger partial charge in [-0.1, -0.05) is 23.2 Å². The minimum atomic E-state index is -0.256. The molecule has 4 rings (SSSR count). The molecule has 0 atom stereocenters. The zero-order chi connectivity index (χ0) is 21.3. The van der Waals surface area contributed by atoms with E-state index in [1.807, 2.05) is 28.6 Å². The first-order valence-electron chi connectivity index (χ1n) is 9.59. The highest BCUT2D eigenvalue weighted by Crippen LogP contribution is 2.33. The van der Waals surface area contributed by atoms with E-state index in [0.717, 1.165) is 31.6 Å². The molecule has 1 fully saturated rings. The highest BCUT2D eigenvalue weighted by atomic mass is 35.5. The van der Waals surface area contributed by atoms with Gasteiger partial charge in [-0.15, -0.1) is 0 Å². The van der Waals surface area contributed by atoms with Crippen molar-refractivity contribution in [2.75, 3.05) is 13.1 Å². The summed E-state index contributed by atoms with van der Waals surface area (Å²) in [4.78, 5) is 17.6. The molecule has 0 radical (unpaired) electrons. The van der Waals surface area contributed by atoms with E-state index in [1.54, 1.807) is 30.3 Å². The van der Waals surface area contributed by atoms with Crippen LogP contribution in [0.15, 0.2) is 42.5 Å². The van der Waals surface area contributed by atoms with Gasteiger partial charge in [-0.25, -0.2) is 9.99 Å². The number of nitriles is 1. The van der Waals surface area contributed by atoms with Crippen molar-refractivity contribution in [2.24, 2.45) is 0 Å². The van der Waals surface area contributed by atoms with Crippen LogP contribution < -0.4 is 5.43 Å². The Kier molecular flexibility index (Phi) is 5.78. The smallest absolute Gasteiger partial charge is 0.286 e. The van der Waals surface area contributed by atoms with Crippen LogP contribution in [0.4, 0.5) is 0 Å². The molecule has 3 aromatic rings. The SMILES string of the molecule is Cc1c(C(=O)NN2CCCC2)nc(-c2ccc(Cl)cc2Cl)n1-c1ccc(C#N)cc1. The molecule has 0 aliphatic carbocycles. The highest BCUT2D eigenvalue weighted by molar-refractivity contribution is 6.36. The van der Waals surface area contributed by atoms with Crippen LogP contribution in [0, 0.1) is 18.3 Å². The van der Waals surface area contributed by atoms with Crippen molar-refractivity contribution in [1.82, 2.24) is 20.0 Å². The largest absolute Gasteiger partial charge is 0.296 e. The molecule has 0 spiro atoms. The van der Waals surface area contributed by atoms with Crippen molar-refractivity contribution in [1.29, 1.82) is 5.26 Å². The Morgan fingerprint density at radius 1 is 1.13 bits per heavy atom. The lowest BCUT2D eigenvalue weighted by Gasteiger charge is -2.15. The van der Waals surface area contributed by atoms with E-state index in [9.17, 15) is 4.79 Å². The van der Waals surface area contributed by atoms with Gasteiger partial charge in [0.2, 0.25) is 0 Å². The Balaban J connectivity index is 1.84. The zero-order valence-electron chi connectivity index (χ0n) is 16.3. The summed E-state index contributed by atoms with van der Waals surface area (Å²) in [5, 5.41) is 12.0. The molecular formula is C22H19Cl2N5O. The number of nitrogens with zero attached hydrogens (tertiary/aromatic N) is 4. The van der Waals surface area contributed by atoms with Crippen LogP contribution >= 0.6 is 23.2 Å². The second-order valence-electron chi connectivity index (χ2n) is 7.12. The number of benzene rings is 2. The van der Waals surface area contributed by atoms with E-state index in [1.165, 1.54) is 0 Å². The van der Waals surface area contributed by atoms with E-state index >= 15 is 0 Å². The fourth-order valence-electron chi connectivity index (χ4n) is 3.59. The Labute approximate surface area is 184 Å². The van der Waals surface area contributed by atoms with Crippen LogP contribution in [0.1, 0.15) is 34.6 Å². The topological polar surface area (TPSA) is 74.0 Å². The molecule has 1 saturated heterocycles. The summed E-state index contributed by atoms with van der Waals surface area (Å²) in [5.41, 5.74) is 5.94. The third-order valence-corrected chi connectivity index (χ3v) is 5.66. The number of aromatic nitrogens is 2. The number of carbonyl (C=O) groups excluding carboxylic acids is 1. The molecule has 8 heteroatoms. The van der Waals surface area contributed by atoms with Gasteiger partial charge in [0.25, 0.3) is 5.91 Å². The van der Waals surface area contributed by atoms with Gasteiger partial charge in [0.15, 0.2) is 5.69 Å². The van der Waals surface area contributed by atoms with Gasteiger partial charge >= 0.3 is 0 Å². The van der Waals surface area contributed by atoms with Gasteiger partial charge in [0.05, 0.1) is 22.3 Å². The average Bonchev–Trinajstić information content (AvgIpc) is 3.36. The first kappa shape index (κ1) is 20.4. The molecular weight excluding hydrogens is 421 g/mol. The zero-order valence-corrected chi connectivity index (χ0v) is 17.8. The maximum absolute atomic E-state index is 13.0. The molecule has 0 unspecified atom stereocenters. The number of carbonyl (C=O) groups is 1. The molecule has 1 aromatic heterocycles. The molecule has 1 N–H and O–H groups in total. The third-order valence-electron chi connectivity index (χ3n) is 5.12. The fraction of sp³-hybridized carbons (Fsp3) is 0.227. The lowest BCUT2D eigenvalue weighted by atomic mass is 10.2. The number of imidazole rings is 1. The number of amides is 1. The summed E-state index contributed by atoms with van der Waals surface area (Å²) in [6.45, 7) is 3.51. The predicted octanol–water partition coefficient (Wildman–Crippen LogP) is 4.77. The lowest BCUT2D eigenvalue weighted by Crippen LogP contribution is -2.40. The van der Waals surface area contributed by atoms with Crippen LogP contribution in [-0.4, -0.2) is 33.6 Å². The Bertz CT molecular complexity index is 1140. The Morgan fingerprint density at radius 2 is 1.83 bits per heavy atom. The number of nitrogens with one attached hydrogen (secondary N) is 1.